The van der Waals surface area contributed by atoms with Gasteiger partial charge in [-0.15, -0.1) is 16.9 Å². The Morgan fingerprint density at radius 3 is 2.67 bits per heavy atom. The molecule has 1 aromatic heterocycles. The summed E-state index contributed by atoms with van der Waals surface area (Å²) in [4.78, 5) is 13.2. The summed E-state index contributed by atoms with van der Waals surface area (Å²) < 4.78 is 16.1. The third-order valence-corrected chi connectivity index (χ3v) is 4.66. The third-order valence-electron chi connectivity index (χ3n) is 3.65. The minimum absolute atomic E-state index is 0.0459. The number of hydrogen-bond donors (Lipinski definition) is 1. The largest absolute Gasteiger partial charge is 0.497 e. The van der Waals surface area contributed by atoms with Crippen molar-refractivity contribution >= 4 is 23.7 Å². The zero-order valence-corrected chi connectivity index (χ0v) is 15.8. The smallest absolute Gasteiger partial charge is 0.322 e. The fraction of sp³-hybridized carbons (Fsp3) is 0.211. The number of amides is 1. The summed E-state index contributed by atoms with van der Waals surface area (Å²) in [6.07, 6.45) is 0.333. The second kappa shape index (κ2) is 9.09. The van der Waals surface area contributed by atoms with Crippen molar-refractivity contribution in [2.75, 3.05) is 25.3 Å². The van der Waals surface area contributed by atoms with Crippen LogP contribution in [0.3, 0.4) is 0 Å². The third kappa shape index (κ3) is 5.01. The summed E-state index contributed by atoms with van der Waals surface area (Å²) in [7, 11) is 3.12. The van der Waals surface area contributed by atoms with Crippen molar-refractivity contribution in [1.29, 1.82) is 0 Å². The molecule has 0 atom stereocenters. The second-order valence-electron chi connectivity index (χ2n) is 5.44. The number of rotatable bonds is 8. The van der Waals surface area contributed by atoms with Crippen LogP contribution in [0.5, 0.6) is 11.5 Å². The van der Waals surface area contributed by atoms with Crippen molar-refractivity contribution < 1.29 is 18.7 Å². The number of aromatic nitrogens is 2. The number of hydrogen-bond acceptors (Lipinski definition) is 7. The fourth-order valence-electron chi connectivity index (χ4n) is 2.32. The first kappa shape index (κ1) is 18.8. The summed E-state index contributed by atoms with van der Waals surface area (Å²) >= 11 is 1.61. The van der Waals surface area contributed by atoms with Gasteiger partial charge in [0.05, 0.1) is 19.8 Å². The minimum Gasteiger partial charge on any atom is -0.497 e. The topological polar surface area (TPSA) is 86.5 Å². The molecule has 8 heteroatoms. The fourth-order valence-corrected chi connectivity index (χ4v) is 3.20. The van der Waals surface area contributed by atoms with Gasteiger partial charge in [0.25, 0.3) is 5.89 Å². The SMILES string of the molecule is COc1ccc(OC)c(-c2nnc(NC(=O)CCSc3ccccc3)o2)c1. The summed E-state index contributed by atoms with van der Waals surface area (Å²) in [6, 6.07) is 15.2. The van der Waals surface area contributed by atoms with E-state index in [0.29, 0.717) is 29.2 Å². The van der Waals surface area contributed by atoms with Crippen molar-refractivity contribution in [2.24, 2.45) is 0 Å². The number of nitrogens with zero attached hydrogens (tertiary/aromatic N) is 2. The average molecular weight is 385 g/mol. The molecule has 1 heterocycles. The highest BCUT2D eigenvalue weighted by molar-refractivity contribution is 7.99. The van der Waals surface area contributed by atoms with Crippen molar-refractivity contribution in [3.8, 4) is 23.0 Å². The van der Waals surface area contributed by atoms with Gasteiger partial charge in [0, 0.05) is 17.1 Å². The Labute approximate surface area is 161 Å². The maximum atomic E-state index is 12.1. The van der Waals surface area contributed by atoms with Gasteiger partial charge in [-0.05, 0) is 30.3 Å². The average Bonchev–Trinajstić information content (AvgIpc) is 3.16. The van der Waals surface area contributed by atoms with Crippen LogP contribution in [0.4, 0.5) is 6.01 Å². The predicted molar refractivity (Wildman–Crippen MR) is 103 cm³/mol. The number of anilines is 1. The second-order valence-corrected chi connectivity index (χ2v) is 6.61. The highest BCUT2D eigenvalue weighted by Gasteiger charge is 2.16. The lowest BCUT2D eigenvalue weighted by atomic mass is 10.2. The zero-order chi connectivity index (χ0) is 19.1. The van der Waals surface area contributed by atoms with Crippen LogP contribution in [-0.2, 0) is 4.79 Å². The van der Waals surface area contributed by atoms with Crippen LogP contribution in [0.1, 0.15) is 6.42 Å². The molecule has 1 amide bonds. The molecule has 0 spiro atoms. The van der Waals surface area contributed by atoms with Crippen LogP contribution in [-0.4, -0.2) is 36.1 Å². The maximum Gasteiger partial charge on any atom is 0.322 e. The van der Waals surface area contributed by atoms with E-state index in [1.54, 1.807) is 44.2 Å². The number of carbonyl (C=O) groups is 1. The van der Waals surface area contributed by atoms with Crippen LogP contribution in [0.2, 0.25) is 0 Å². The molecule has 0 bridgehead atoms. The summed E-state index contributed by atoms with van der Waals surface area (Å²) in [5.41, 5.74) is 0.587. The quantitative estimate of drug-likeness (QED) is 0.589. The zero-order valence-electron chi connectivity index (χ0n) is 15.0. The van der Waals surface area contributed by atoms with Crippen molar-refractivity contribution in [3.05, 3.63) is 48.5 Å². The van der Waals surface area contributed by atoms with Crippen molar-refractivity contribution in [2.45, 2.75) is 11.3 Å². The van der Waals surface area contributed by atoms with E-state index < -0.39 is 0 Å². The number of thioether (sulfide) groups is 1. The van der Waals surface area contributed by atoms with E-state index in [4.69, 9.17) is 13.9 Å². The molecule has 0 saturated heterocycles. The van der Waals surface area contributed by atoms with E-state index in [1.807, 2.05) is 30.3 Å². The number of ether oxygens (including phenoxy) is 2. The van der Waals surface area contributed by atoms with E-state index in [9.17, 15) is 4.79 Å². The number of benzene rings is 2. The van der Waals surface area contributed by atoms with E-state index in [2.05, 4.69) is 15.5 Å². The predicted octanol–water partition coefficient (Wildman–Crippen LogP) is 3.87. The summed E-state index contributed by atoms with van der Waals surface area (Å²) in [6.45, 7) is 0. The molecule has 0 aliphatic heterocycles. The van der Waals surface area contributed by atoms with Crippen molar-refractivity contribution in [1.82, 2.24) is 10.2 Å². The van der Waals surface area contributed by atoms with Crippen LogP contribution >= 0.6 is 11.8 Å². The number of carbonyl (C=O) groups excluding carboxylic acids is 1. The molecule has 1 N–H and O–H groups in total. The molecule has 0 aliphatic carbocycles. The van der Waals surface area contributed by atoms with Crippen LogP contribution in [0.15, 0.2) is 57.8 Å². The standard InChI is InChI=1S/C19H19N3O4S/c1-24-13-8-9-16(25-2)15(12-13)18-21-22-19(26-18)20-17(23)10-11-27-14-6-4-3-5-7-14/h3-9,12H,10-11H2,1-2H3,(H,20,22,23). The molecule has 0 unspecified atom stereocenters. The van der Waals surface area contributed by atoms with Gasteiger partial charge < -0.3 is 13.9 Å². The normalized spacial score (nSPS) is 10.4. The van der Waals surface area contributed by atoms with E-state index in [1.165, 1.54) is 0 Å². The monoisotopic (exact) mass is 385 g/mol. The van der Waals surface area contributed by atoms with E-state index >= 15 is 0 Å². The Balaban J connectivity index is 1.60. The van der Waals surface area contributed by atoms with Crippen LogP contribution < -0.4 is 14.8 Å². The lowest BCUT2D eigenvalue weighted by Gasteiger charge is -2.07. The lowest BCUT2D eigenvalue weighted by molar-refractivity contribution is -0.115. The first-order valence-corrected chi connectivity index (χ1v) is 9.21. The van der Waals surface area contributed by atoms with Gasteiger partial charge in [-0.2, -0.15) is 0 Å². The molecule has 140 valence electrons. The van der Waals surface area contributed by atoms with Gasteiger partial charge in [0.1, 0.15) is 11.5 Å². The van der Waals surface area contributed by atoms with Crippen LogP contribution in [0, 0.1) is 0 Å². The first-order valence-electron chi connectivity index (χ1n) is 8.23. The highest BCUT2D eigenvalue weighted by Crippen LogP contribution is 2.33. The first-order chi connectivity index (χ1) is 13.2. The molecular formula is C19H19N3O4S. The maximum absolute atomic E-state index is 12.1. The molecule has 0 saturated carbocycles. The summed E-state index contributed by atoms with van der Waals surface area (Å²) in [5, 5.41) is 10.5. The number of methoxy groups -OCH3 is 2. The van der Waals surface area contributed by atoms with E-state index in [0.717, 1.165) is 4.90 Å². The Hall–Kier alpha value is -3.00. The van der Waals surface area contributed by atoms with Gasteiger partial charge in [-0.25, -0.2) is 0 Å². The van der Waals surface area contributed by atoms with Crippen LogP contribution in [0.25, 0.3) is 11.5 Å². The minimum atomic E-state index is -0.189. The lowest BCUT2D eigenvalue weighted by Crippen LogP contribution is -2.12. The molecule has 2 aromatic carbocycles. The Morgan fingerprint density at radius 1 is 1.11 bits per heavy atom. The Morgan fingerprint density at radius 2 is 1.93 bits per heavy atom. The highest BCUT2D eigenvalue weighted by atomic mass is 32.2. The molecule has 27 heavy (non-hydrogen) atoms. The molecule has 7 nitrogen and oxygen atoms in total. The van der Waals surface area contributed by atoms with Gasteiger partial charge in [0.15, 0.2) is 0 Å². The summed E-state index contributed by atoms with van der Waals surface area (Å²) in [5.74, 6) is 1.90. The molecular weight excluding hydrogens is 366 g/mol. The molecule has 3 rings (SSSR count). The molecule has 3 aromatic rings. The van der Waals surface area contributed by atoms with Gasteiger partial charge >= 0.3 is 6.01 Å². The Kier molecular flexibility index (Phi) is 6.32. The molecule has 0 fully saturated rings. The van der Waals surface area contributed by atoms with Gasteiger partial charge in [-0.1, -0.05) is 23.3 Å². The van der Waals surface area contributed by atoms with Crippen molar-refractivity contribution in [3.63, 3.8) is 0 Å². The van der Waals surface area contributed by atoms with E-state index in [-0.39, 0.29) is 17.8 Å². The molecule has 0 radical (unpaired) electrons. The Bertz CT molecular complexity index is 899. The van der Waals surface area contributed by atoms with Gasteiger partial charge in [0.2, 0.25) is 5.91 Å². The van der Waals surface area contributed by atoms with Gasteiger partial charge in [-0.3, -0.25) is 10.1 Å². The number of nitrogens with one attached hydrogen (secondary N) is 1. The molecule has 0 aliphatic rings.